The molecule has 38 heavy (non-hydrogen) atoms. The zero-order chi connectivity index (χ0) is 25.7. The van der Waals surface area contributed by atoms with Gasteiger partial charge in [0.15, 0.2) is 0 Å². The Morgan fingerprint density at radius 1 is 0.711 bits per heavy atom. The second-order valence-corrected chi connectivity index (χ2v) is 10.1. The Bertz CT molecular complexity index is 1620. The number of benzene rings is 4. The monoisotopic (exact) mass is 495 g/mol. The molecule has 0 unspecified atom stereocenters. The van der Waals surface area contributed by atoms with Crippen molar-refractivity contribution in [1.29, 1.82) is 0 Å². The third-order valence-electron chi connectivity index (χ3n) is 7.62. The molecule has 0 amide bonds. The summed E-state index contributed by atoms with van der Waals surface area (Å²) in [4.78, 5) is 6.65. The Balaban J connectivity index is 0.000000139. The van der Waals surface area contributed by atoms with Crippen molar-refractivity contribution in [3.8, 4) is 0 Å². The molecule has 1 aliphatic heterocycles. The van der Waals surface area contributed by atoms with Crippen molar-refractivity contribution in [2.24, 2.45) is 0 Å². The number of anilines is 2. The highest BCUT2D eigenvalue weighted by Crippen LogP contribution is 2.34. The fraction of sp³-hybridized carbons (Fsp3) is 0.171. The quantitative estimate of drug-likeness (QED) is 0.203. The molecule has 2 aliphatic rings. The van der Waals surface area contributed by atoms with Crippen LogP contribution in [0.4, 0.5) is 11.4 Å². The minimum atomic E-state index is 0.872. The molecule has 3 nitrogen and oxygen atoms in total. The third-order valence-corrected chi connectivity index (χ3v) is 7.62. The maximum Gasteiger partial charge on any atom is 0.0444 e. The first-order valence-electron chi connectivity index (χ1n) is 13.6. The molecule has 0 saturated carbocycles. The molecule has 0 bridgehead atoms. The first-order chi connectivity index (χ1) is 18.8. The smallest absolute Gasteiger partial charge is 0.0444 e. The van der Waals surface area contributed by atoms with Crippen LogP contribution in [0.2, 0.25) is 0 Å². The van der Waals surface area contributed by atoms with Gasteiger partial charge in [-0.05, 0) is 94.9 Å². The summed E-state index contributed by atoms with van der Waals surface area (Å²) in [6, 6.07) is 31.8. The van der Waals surface area contributed by atoms with E-state index in [2.05, 4.69) is 95.0 Å². The minimum Gasteiger partial charge on any atom is -0.398 e. The van der Waals surface area contributed by atoms with E-state index in [9.17, 15) is 0 Å². The van der Waals surface area contributed by atoms with Gasteiger partial charge >= 0.3 is 0 Å². The van der Waals surface area contributed by atoms with E-state index in [-0.39, 0.29) is 0 Å². The Kier molecular flexibility index (Phi) is 6.91. The van der Waals surface area contributed by atoms with Gasteiger partial charge in [-0.1, -0.05) is 66.7 Å². The number of nitrogen functional groups attached to an aromatic ring is 1. The van der Waals surface area contributed by atoms with Crippen LogP contribution in [0.1, 0.15) is 29.7 Å². The Labute approximate surface area is 224 Å². The van der Waals surface area contributed by atoms with E-state index in [0.29, 0.717) is 0 Å². The number of hydrogen-bond donors (Lipinski definition) is 1. The highest BCUT2D eigenvalue weighted by atomic mass is 15.1. The van der Waals surface area contributed by atoms with Crippen LogP contribution in [0, 0.1) is 0 Å². The first kappa shape index (κ1) is 24.0. The van der Waals surface area contributed by atoms with Gasteiger partial charge in [-0.25, -0.2) is 0 Å². The molecule has 7 rings (SSSR count). The van der Waals surface area contributed by atoms with Gasteiger partial charge in [0.05, 0.1) is 0 Å². The summed E-state index contributed by atoms with van der Waals surface area (Å²) in [5, 5.41) is 5.23. The van der Waals surface area contributed by atoms with Gasteiger partial charge in [0.1, 0.15) is 0 Å². The van der Waals surface area contributed by atoms with Gasteiger partial charge in [-0.3, -0.25) is 4.98 Å². The molecule has 1 aliphatic carbocycles. The highest BCUT2D eigenvalue weighted by molar-refractivity contribution is 6.12. The number of hydrogen-bond acceptors (Lipinski definition) is 3. The largest absolute Gasteiger partial charge is 0.398 e. The summed E-state index contributed by atoms with van der Waals surface area (Å²) >= 11 is 0. The fourth-order valence-electron chi connectivity index (χ4n) is 5.71. The molecular weight excluding hydrogens is 462 g/mol. The van der Waals surface area contributed by atoms with E-state index >= 15 is 0 Å². The lowest BCUT2D eigenvalue weighted by Crippen LogP contribution is -2.22. The number of aromatic nitrogens is 1. The van der Waals surface area contributed by atoms with Crippen LogP contribution < -0.4 is 10.6 Å². The van der Waals surface area contributed by atoms with E-state index < -0.39 is 0 Å². The van der Waals surface area contributed by atoms with Gasteiger partial charge < -0.3 is 10.6 Å². The zero-order valence-electron chi connectivity index (χ0n) is 21.7. The molecule has 0 atom stereocenters. The molecule has 188 valence electrons. The van der Waals surface area contributed by atoms with Crippen LogP contribution in [0.5, 0.6) is 0 Å². The van der Waals surface area contributed by atoms with Crippen molar-refractivity contribution in [3.05, 3.63) is 138 Å². The number of nitrogens with zero attached hydrogens (tertiary/aromatic N) is 2. The maximum atomic E-state index is 6.09. The predicted octanol–water partition coefficient (Wildman–Crippen LogP) is 8.04. The second-order valence-electron chi connectivity index (χ2n) is 10.1. The Morgan fingerprint density at radius 3 is 2.37 bits per heavy atom. The van der Waals surface area contributed by atoms with E-state index in [1.807, 2.05) is 30.5 Å². The summed E-state index contributed by atoms with van der Waals surface area (Å²) in [6.07, 6.45) is 14.3. The maximum absolute atomic E-state index is 6.09. The van der Waals surface area contributed by atoms with E-state index in [0.717, 1.165) is 24.3 Å². The minimum absolute atomic E-state index is 0.872. The van der Waals surface area contributed by atoms with Crippen molar-refractivity contribution in [3.63, 3.8) is 0 Å². The van der Waals surface area contributed by atoms with E-state index in [1.165, 1.54) is 58.5 Å². The molecule has 5 aromatic rings. The van der Waals surface area contributed by atoms with Gasteiger partial charge in [0.2, 0.25) is 0 Å². The third kappa shape index (κ3) is 5.05. The average Bonchev–Trinajstić information content (AvgIpc) is 2.98. The number of allylic oxidation sites excluding steroid dienone is 2. The van der Waals surface area contributed by atoms with Crippen LogP contribution in [0.3, 0.4) is 0 Å². The Hall–Kier alpha value is -4.37. The van der Waals surface area contributed by atoms with Crippen molar-refractivity contribution in [1.82, 2.24) is 4.98 Å². The summed E-state index contributed by atoms with van der Waals surface area (Å²) < 4.78 is 0. The van der Waals surface area contributed by atoms with Crippen LogP contribution in [0.15, 0.2) is 121 Å². The first-order valence-corrected chi connectivity index (χ1v) is 13.6. The molecule has 0 fully saturated rings. The number of nitrogens with two attached hydrogens (primary N) is 1. The van der Waals surface area contributed by atoms with Crippen molar-refractivity contribution in [2.45, 2.75) is 32.1 Å². The molecule has 4 aromatic carbocycles. The van der Waals surface area contributed by atoms with Gasteiger partial charge in [0.25, 0.3) is 0 Å². The SMILES string of the molecule is C1=CN(c2ccccc2)CC(Cc2ccccn2)=C1.Nc1cccc2c1ccc1c3c(ccc12)CCCC3. The molecule has 0 saturated heterocycles. The van der Waals surface area contributed by atoms with Gasteiger partial charge in [0, 0.05) is 47.8 Å². The van der Waals surface area contributed by atoms with Gasteiger partial charge in [-0.2, -0.15) is 0 Å². The van der Waals surface area contributed by atoms with Crippen LogP contribution >= 0.6 is 0 Å². The van der Waals surface area contributed by atoms with Crippen LogP contribution in [-0.2, 0) is 19.3 Å². The highest BCUT2D eigenvalue weighted by Gasteiger charge is 2.14. The number of pyridine rings is 1. The van der Waals surface area contributed by atoms with Crippen LogP contribution in [0.25, 0.3) is 21.5 Å². The Morgan fingerprint density at radius 2 is 1.50 bits per heavy atom. The molecule has 2 heterocycles. The zero-order valence-corrected chi connectivity index (χ0v) is 21.7. The standard InChI is InChI=1S/C18H17N.C17H16N2/c19-18-7-3-6-14-16-9-8-12-4-1-2-5-13(12)15(16)10-11-17(14)18;1-2-9-17(10-3-1)19-12-6-7-15(14-19)13-16-8-4-5-11-18-16/h3,6-11H,1-2,4-5,19H2;1-12H,13-14H2. The normalized spacial score (nSPS) is 14.5. The molecule has 0 radical (unpaired) electrons. The number of para-hydroxylation sites is 1. The molecule has 0 spiro atoms. The average molecular weight is 496 g/mol. The van der Waals surface area contributed by atoms with Crippen molar-refractivity contribution < 1.29 is 0 Å². The lowest BCUT2D eigenvalue weighted by atomic mass is 9.86. The lowest BCUT2D eigenvalue weighted by molar-refractivity contribution is 0.690. The molecule has 2 N–H and O–H groups in total. The number of rotatable bonds is 3. The fourth-order valence-corrected chi connectivity index (χ4v) is 5.71. The topological polar surface area (TPSA) is 42.2 Å². The van der Waals surface area contributed by atoms with Crippen molar-refractivity contribution in [2.75, 3.05) is 17.2 Å². The number of aryl methyl sites for hydroxylation is 2. The summed E-state index contributed by atoms with van der Waals surface area (Å²) in [5.74, 6) is 0. The molecule has 3 heteroatoms. The second kappa shape index (κ2) is 10.9. The summed E-state index contributed by atoms with van der Waals surface area (Å²) in [6.45, 7) is 0.928. The summed E-state index contributed by atoms with van der Waals surface area (Å²) in [7, 11) is 0. The lowest BCUT2D eigenvalue weighted by Gasteiger charge is -2.24. The van der Waals surface area contributed by atoms with Gasteiger partial charge in [-0.15, -0.1) is 0 Å². The van der Waals surface area contributed by atoms with Crippen LogP contribution in [-0.4, -0.2) is 11.5 Å². The predicted molar refractivity (Wildman–Crippen MR) is 161 cm³/mol. The van der Waals surface area contributed by atoms with E-state index in [4.69, 9.17) is 5.73 Å². The van der Waals surface area contributed by atoms with Crippen molar-refractivity contribution >= 4 is 32.9 Å². The summed E-state index contributed by atoms with van der Waals surface area (Å²) in [5.41, 5.74) is 13.8. The molecule has 1 aromatic heterocycles. The van der Waals surface area contributed by atoms with E-state index in [1.54, 1.807) is 11.1 Å². The number of fused-ring (bicyclic) bond motifs is 5. The molecular formula is C35H33N3.